The number of hydrogen-bond donors (Lipinski definition) is 2. The summed E-state index contributed by atoms with van der Waals surface area (Å²) in [5.41, 5.74) is 5.83. The van der Waals surface area contributed by atoms with E-state index in [1.165, 1.54) is 11.8 Å². The van der Waals surface area contributed by atoms with E-state index in [0.29, 0.717) is 22.2 Å². The van der Waals surface area contributed by atoms with E-state index < -0.39 is 27.8 Å². The van der Waals surface area contributed by atoms with Gasteiger partial charge in [-0.3, -0.25) is 15.1 Å². The first-order valence-electron chi connectivity index (χ1n) is 9.36. The van der Waals surface area contributed by atoms with Crippen LogP contribution < -0.4 is 20.5 Å². The number of hydrazine groups is 1. The highest BCUT2D eigenvalue weighted by molar-refractivity contribution is 7.91. The molecule has 0 aromatic heterocycles. The van der Waals surface area contributed by atoms with Gasteiger partial charge in [0, 0.05) is 22.8 Å². The predicted molar refractivity (Wildman–Crippen MR) is 114 cm³/mol. The van der Waals surface area contributed by atoms with Crippen molar-refractivity contribution in [1.82, 2.24) is 10.9 Å². The number of sulfone groups is 1. The molecule has 0 saturated carbocycles. The predicted octanol–water partition coefficient (Wildman–Crippen LogP) is 3.58. The Labute approximate surface area is 180 Å². The molecule has 1 aliphatic heterocycles. The molecule has 2 aromatic carbocycles. The molecule has 0 aliphatic carbocycles. The number of nitrogens with one attached hydrogen (secondary N) is 2. The Morgan fingerprint density at radius 3 is 2.60 bits per heavy atom. The fourth-order valence-electron chi connectivity index (χ4n) is 3.07. The SMILES string of the molecule is CCS(=O)(=O)CCC(=O)NNC(=O)N1c2cc(Cl)ccc2Oc2ccccc2C1C. The molecule has 3 amide bonds. The summed E-state index contributed by atoms with van der Waals surface area (Å²) in [5.74, 6) is 0.107. The lowest BCUT2D eigenvalue weighted by Gasteiger charge is -2.28. The largest absolute Gasteiger partial charge is 0.455 e. The number of rotatable bonds is 4. The normalized spacial score (nSPS) is 15.3. The van der Waals surface area contributed by atoms with E-state index in [1.807, 2.05) is 31.2 Å². The van der Waals surface area contributed by atoms with Crippen molar-refractivity contribution >= 4 is 39.1 Å². The molecule has 8 nitrogen and oxygen atoms in total. The molecule has 30 heavy (non-hydrogen) atoms. The number of hydrogen-bond acceptors (Lipinski definition) is 5. The van der Waals surface area contributed by atoms with Crippen molar-refractivity contribution in [3.8, 4) is 11.5 Å². The van der Waals surface area contributed by atoms with Crippen LogP contribution in [-0.2, 0) is 14.6 Å². The Morgan fingerprint density at radius 1 is 1.13 bits per heavy atom. The minimum absolute atomic E-state index is 0.0467. The maximum absolute atomic E-state index is 13.0. The van der Waals surface area contributed by atoms with Gasteiger partial charge in [-0.1, -0.05) is 36.7 Å². The maximum atomic E-state index is 13.0. The molecule has 1 aliphatic rings. The second-order valence-electron chi connectivity index (χ2n) is 6.76. The maximum Gasteiger partial charge on any atom is 0.341 e. The molecule has 160 valence electrons. The zero-order chi connectivity index (χ0) is 21.9. The van der Waals surface area contributed by atoms with E-state index in [4.69, 9.17) is 16.3 Å². The van der Waals surface area contributed by atoms with Gasteiger partial charge in [-0.15, -0.1) is 0 Å². The van der Waals surface area contributed by atoms with E-state index in [2.05, 4.69) is 10.9 Å². The molecular formula is C20H22ClN3O5S. The third-order valence-electron chi connectivity index (χ3n) is 4.76. The van der Waals surface area contributed by atoms with Crippen LogP contribution in [0.3, 0.4) is 0 Å². The number of carbonyl (C=O) groups excluding carboxylic acids is 2. The standard InChI is InChI=1S/C20H22ClN3O5S/c1-3-30(27,28)11-10-19(25)22-23-20(26)24-13(2)15-6-4-5-7-17(15)29-18-9-8-14(21)12-16(18)24/h4-9,12-13H,3,10-11H2,1-2H3,(H,22,25)(H,23,26). The first kappa shape index (κ1) is 21.9. The van der Waals surface area contributed by atoms with Gasteiger partial charge in [0.2, 0.25) is 5.91 Å². The van der Waals surface area contributed by atoms with Gasteiger partial charge in [0.25, 0.3) is 0 Å². The fraction of sp³-hybridized carbons (Fsp3) is 0.300. The van der Waals surface area contributed by atoms with Crippen LogP contribution >= 0.6 is 11.6 Å². The van der Waals surface area contributed by atoms with Crippen molar-refractivity contribution < 1.29 is 22.7 Å². The number of nitrogens with zero attached hydrogens (tertiary/aromatic N) is 1. The number of halogens is 1. The fourth-order valence-corrected chi connectivity index (χ4v) is 4.03. The Kier molecular flexibility index (Phi) is 6.52. The molecule has 2 aromatic rings. The van der Waals surface area contributed by atoms with Gasteiger partial charge in [-0.05, 0) is 31.2 Å². The molecule has 1 unspecified atom stereocenters. The quantitative estimate of drug-likeness (QED) is 0.691. The van der Waals surface area contributed by atoms with Crippen LogP contribution in [-0.4, -0.2) is 31.9 Å². The van der Waals surface area contributed by atoms with Gasteiger partial charge in [0.05, 0.1) is 17.5 Å². The number of benzene rings is 2. The van der Waals surface area contributed by atoms with Crippen molar-refractivity contribution in [2.24, 2.45) is 0 Å². The van der Waals surface area contributed by atoms with Crippen molar-refractivity contribution in [2.75, 3.05) is 16.4 Å². The van der Waals surface area contributed by atoms with Gasteiger partial charge in [0.15, 0.2) is 15.6 Å². The minimum Gasteiger partial charge on any atom is -0.455 e. The van der Waals surface area contributed by atoms with Crippen LogP contribution in [0.15, 0.2) is 42.5 Å². The summed E-state index contributed by atoms with van der Waals surface area (Å²) in [6, 6.07) is 11.2. The van der Waals surface area contributed by atoms with Crippen molar-refractivity contribution in [3.05, 3.63) is 53.1 Å². The van der Waals surface area contributed by atoms with E-state index in [9.17, 15) is 18.0 Å². The summed E-state index contributed by atoms with van der Waals surface area (Å²) in [7, 11) is -3.28. The number of ether oxygens (including phenoxy) is 1. The Hall–Kier alpha value is -2.78. The van der Waals surface area contributed by atoms with Crippen molar-refractivity contribution in [2.45, 2.75) is 26.3 Å². The molecule has 0 fully saturated rings. The number of amides is 3. The smallest absolute Gasteiger partial charge is 0.341 e. The third-order valence-corrected chi connectivity index (χ3v) is 6.71. The van der Waals surface area contributed by atoms with Crippen LogP contribution in [0.2, 0.25) is 5.02 Å². The molecule has 0 saturated heterocycles. The number of carbonyl (C=O) groups is 2. The molecular weight excluding hydrogens is 430 g/mol. The molecule has 0 spiro atoms. The Balaban J connectivity index is 1.82. The van der Waals surface area contributed by atoms with Crippen LogP contribution in [0, 0.1) is 0 Å². The first-order valence-corrected chi connectivity index (χ1v) is 11.6. The van der Waals surface area contributed by atoms with E-state index in [0.717, 1.165) is 5.56 Å². The lowest BCUT2D eigenvalue weighted by Crippen LogP contribution is -2.49. The highest BCUT2D eigenvalue weighted by Gasteiger charge is 2.31. The minimum atomic E-state index is -3.28. The monoisotopic (exact) mass is 451 g/mol. The lowest BCUT2D eigenvalue weighted by atomic mass is 10.1. The van der Waals surface area contributed by atoms with Gasteiger partial charge in [-0.25, -0.2) is 18.6 Å². The van der Waals surface area contributed by atoms with Crippen LogP contribution in [0.25, 0.3) is 0 Å². The number of urea groups is 1. The average molecular weight is 452 g/mol. The van der Waals surface area contributed by atoms with Gasteiger partial charge in [0.1, 0.15) is 5.75 Å². The second-order valence-corrected chi connectivity index (χ2v) is 9.67. The van der Waals surface area contributed by atoms with Crippen molar-refractivity contribution in [1.29, 1.82) is 0 Å². The average Bonchev–Trinajstić information content (AvgIpc) is 2.84. The summed E-state index contributed by atoms with van der Waals surface area (Å²) >= 11 is 6.14. The third kappa shape index (κ3) is 4.85. The second kappa shape index (κ2) is 8.93. The zero-order valence-corrected chi connectivity index (χ0v) is 18.1. The zero-order valence-electron chi connectivity index (χ0n) is 16.5. The Bertz CT molecular complexity index is 1070. The van der Waals surface area contributed by atoms with Gasteiger partial charge >= 0.3 is 6.03 Å². The summed E-state index contributed by atoms with van der Waals surface area (Å²) in [6.45, 7) is 3.34. The van der Waals surface area contributed by atoms with Crippen LogP contribution in [0.4, 0.5) is 10.5 Å². The lowest BCUT2D eigenvalue weighted by molar-refractivity contribution is -0.121. The number of para-hydroxylation sites is 1. The molecule has 3 rings (SSSR count). The molecule has 1 atom stereocenters. The van der Waals surface area contributed by atoms with Gasteiger partial charge < -0.3 is 4.74 Å². The van der Waals surface area contributed by atoms with Crippen LogP contribution in [0.5, 0.6) is 11.5 Å². The summed E-state index contributed by atoms with van der Waals surface area (Å²) in [5, 5.41) is 0.419. The topological polar surface area (TPSA) is 105 Å². The number of anilines is 1. The first-order chi connectivity index (χ1) is 14.2. The van der Waals surface area contributed by atoms with E-state index in [1.54, 1.807) is 18.2 Å². The van der Waals surface area contributed by atoms with E-state index >= 15 is 0 Å². The van der Waals surface area contributed by atoms with Crippen LogP contribution in [0.1, 0.15) is 31.9 Å². The molecule has 10 heteroatoms. The van der Waals surface area contributed by atoms with Crippen molar-refractivity contribution in [3.63, 3.8) is 0 Å². The highest BCUT2D eigenvalue weighted by atomic mass is 35.5. The molecule has 0 bridgehead atoms. The van der Waals surface area contributed by atoms with Gasteiger partial charge in [-0.2, -0.15) is 0 Å². The molecule has 0 radical (unpaired) electrons. The summed E-state index contributed by atoms with van der Waals surface area (Å²) in [6.07, 6.45) is -0.250. The highest BCUT2D eigenvalue weighted by Crippen LogP contribution is 2.44. The molecule has 1 heterocycles. The summed E-state index contributed by atoms with van der Waals surface area (Å²) in [4.78, 5) is 26.4. The molecule has 2 N–H and O–H groups in total. The Morgan fingerprint density at radius 2 is 1.87 bits per heavy atom. The van der Waals surface area contributed by atoms with E-state index in [-0.39, 0.29) is 17.9 Å². The number of fused-ring (bicyclic) bond motifs is 2. The summed E-state index contributed by atoms with van der Waals surface area (Å²) < 4.78 is 29.1.